The van der Waals surface area contributed by atoms with E-state index < -0.39 is 11.7 Å². The minimum atomic E-state index is -0.554. The predicted molar refractivity (Wildman–Crippen MR) is 147 cm³/mol. The number of carbonyl (C=O) groups excluding carboxylic acids is 1. The number of thiazole rings is 1. The smallest absolute Gasteiger partial charge is 0.407 e. The molecule has 0 bridgehead atoms. The van der Waals surface area contributed by atoms with Crippen LogP contribution in [0.25, 0.3) is 21.8 Å². The first-order valence-corrected chi connectivity index (χ1v) is 13.1. The standard InChI is InChI=1S/C27H38N6O2S/c1-18(2)14-24-29-17-23(36-24)22-15-21(31-25(32-22)28-12-13-33(6)7)20-11-9-8-10-19(20)16-30-26(34)35-27(3,4)5/h8-11,15,17-18H,12-14,16H2,1-7H3,(H,30,34)(H,28,31,32). The average molecular weight is 511 g/mol. The number of benzene rings is 1. The molecule has 0 aliphatic heterocycles. The Morgan fingerprint density at radius 3 is 2.56 bits per heavy atom. The van der Waals surface area contributed by atoms with E-state index in [0.29, 0.717) is 18.4 Å². The van der Waals surface area contributed by atoms with Gasteiger partial charge in [0.25, 0.3) is 0 Å². The molecule has 0 aliphatic carbocycles. The highest BCUT2D eigenvalue weighted by molar-refractivity contribution is 7.15. The molecule has 0 unspecified atom stereocenters. The number of nitrogens with zero attached hydrogens (tertiary/aromatic N) is 4. The SMILES string of the molecule is CC(C)Cc1ncc(-c2cc(-c3ccccc3CNC(=O)OC(C)(C)C)nc(NCCN(C)C)n2)s1. The Kier molecular flexibility index (Phi) is 9.39. The molecule has 0 spiro atoms. The molecular weight excluding hydrogens is 472 g/mol. The first kappa shape index (κ1) is 27.5. The molecule has 1 aromatic carbocycles. The highest BCUT2D eigenvalue weighted by atomic mass is 32.1. The molecule has 3 aromatic rings. The Labute approximate surface area is 218 Å². The van der Waals surface area contributed by atoms with E-state index >= 15 is 0 Å². The van der Waals surface area contributed by atoms with Crippen LogP contribution in [0.3, 0.4) is 0 Å². The normalized spacial score (nSPS) is 11.7. The number of aromatic nitrogens is 3. The summed E-state index contributed by atoms with van der Waals surface area (Å²) in [6.07, 6.45) is 2.39. The molecule has 194 valence electrons. The van der Waals surface area contributed by atoms with Gasteiger partial charge in [0.05, 0.1) is 21.3 Å². The lowest BCUT2D eigenvalue weighted by Crippen LogP contribution is -2.32. The van der Waals surface area contributed by atoms with Crippen molar-refractivity contribution in [3.8, 4) is 21.8 Å². The summed E-state index contributed by atoms with van der Waals surface area (Å²) < 4.78 is 5.40. The van der Waals surface area contributed by atoms with Crippen LogP contribution in [0.1, 0.15) is 45.2 Å². The number of ether oxygens (including phenoxy) is 1. The van der Waals surface area contributed by atoms with E-state index in [1.165, 1.54) is 0 Å². The van der Waals surface area contributed by atoms with E-state index in [-0.39, 0.29) is 0 Å². The third-order valence-corrected chi connectivity index (χ3v) is 6.11. The van der Waals surface area contributed by atoms with Crippen molar-refractivity contribution in [2.75, 3.05) is 32.5 Å². The number of anilines is 1. The van der Waals surface area contributed by atoms with E-state index in [1.54, 1.807) is 11.3 Å². The molecule has 0 atom stereocenters. The van der Waals surface area contributed by atoms with Crippen LogP contribution in [-0.2, 0) is 17.7 Å². The van der Waals surface area contributed by atoms with Gasteiger partial charge in [-0.25, -0.2) is 19.7 Å². The molecule has 0 radical (unpaired) electrons. The van der Waals surface area contributed by atoms with Gasteiger partial charge in [0.2, 0.25) is 5.95 Å². The summed E-state index contributed by atoms with van der Waals surface area (Å²) in [4.78, 5) is 29.6. The van der Waals surface area contributed by atoms with Gasteiger partial charge in [-0.15, -0.1) is 11.3 Å². The van der Waals surface area contributed by atoms with E-state index in [2.05, 4.69) is 34.4 Å². The van der Waals surface area contributed by atoms with Crippen LogP contribution in [0.2, 0.25) is 0 Å². The van der Waals surface area contributed by atoms with Gasteiger partial charge in [-0.3, -0.25) is 0 Å². The number of alkyl carbamates (subject to hydrolysis) is 1. The van der Waals surface area contributed by atoms with Gasteiger partial charge in [-0.1, -0.05) is 38.1 Å². The van der Waals surface area contributed by atoms with Crippen molar-refractivity contribution in [1.29, 1.82) is 0 Å². The molecule has 0 saturated heterocycles. The molecule has 0 fully saturated rings. The molecule has 36 heavy (non-hydrogen) atoms. The third-order valence-electron chi connectivity index (χ3n) is 5.07. The van der Waals surface area contributed by atoms with E-state index in [0.717, 1.165) is 51.9 Å². The third kappa shape index (κ3) is 8.57. The van der Waals surface area contributed by atoms with Gasteiger partial charge in [0.1, 0.15) is 5.60 Å². The van der Waals surface area contributed by atoms with Crippen LogP contribution in [0.15, 0.2) is 36.5 Å². The molecule has 2 heterocycles. The van der Waals surface area contributed by atoms with Crippen LogP contribution in [-0.4, -0.2) is 58.7 Å². The summed E-state index contributed by atoms with van der Waals surface area (Å²) in [5.74, 6) is 1.11. The maximum Gasteiger partial charge on any atom is 0.407 e. The van der Waals surface area contributed by atoms with Crippen LogP contribution in [0.5, 0.6) is 0 Å². The lowest BCUT2D eigenvalue weighted by atomic mass is 10.0. The second-order valence-corrected chi connectivity index (χ2v) is 11.5. The molecule has 2 N–H and O–H groups in total. The summed E-state index contributed by atoms with van der Waals surface area (Å²) in [5, 5.41) is 7.32. The monoisotopic (exact) mass is 510 g/mol. The lowest BCUT2D eigenvalue weighted by molar-refractivity contribution is 0.0523. The maximum atomic E-state index is 12.2. The van der Waals surface area contributed by atoms with Crippen LogP contribution < -0.4 is 10.6 Å². The van der Waals surface area contributed by atoms with Gasteiger partial charge >= 0.3 is 6.09 Å². The highest BCUT2D eigenvalue weighted by Crippen LogP contribution is 2.31. The zero-order chi connectivity index (χ0) is 26.3. The quantitative estimate of drug-likeness (QED) is 0.374. The summed E-state index contributed by atoms with van der Waals surface area (Å²) in [6.45, 7) is 11.8. The largest absolute Gasteiger partial charge is 0.444 e. The Morgan fingerprint density at radius 2 is 1.86 bits per heavy atom. The van der Waals surface area contributed by atoms with Crippen molar-refractivity contribution in [3.63, 3.8) is 0 Å². The highest BCUT2D eigenvalue weighted by Gasteiger charge is 2.17. The number of hydrogen-bond acceptors (Lipinski definition) is 8. The van der Waals surface area contributed by atoms with Gasteiger partial charge in [-0.05, 0) is 52.4 Å². The first-order valence-electron chi connectivity index (χ1n) is 12.3. The van der Waals surface area contributed by atoms with Crippen LogP contribution in [0.4, 0.5) is 10.7 Å². The summed E-state index contributed by atoms with van der Waals surface area (Å²) in [6, 6.07) is 9.92. The number of likely N-dealkylation sites (N-methyl/N-ethyl adjacent to an activating group) is 1. The summed E-state index contributed by atoms with van der Waals surface area (Å²) in [7, 11) is 4.07. The molecule has 8 nitrogen and oxygen atoms in total. The second-order valence-electron chi connectivity index (χ2n) is 10.4. The fourth-order valence-corrected chi connectivity index (χ4v) is 4.55. The van der Waals surface area contributed by atoms with Crippen molar-refractivity contribution in [2.45, 2.75) is 53.2 Å². The first-order chi connectivity index (χ1) is 17.0. The zero-order valence-electron chi connectivity index (χ0n) is 22.4. The van der Waals surface area contributed by atoms with Crippen molar-refractivity contribution in [2.24, 2.45) is 5.92 Å². The molecule has 0 saturated carbocycles. The van der Waals surface area contributed by atoms with E-state index in [4.69, 9.17) is 14.7 Å². The second kappa shape index (κ2) is 12.3. The fourth-order valence-electron chi connectivity index (χ4n) is 3.46. The van der Waals surface area contributed by atoms with E-state index in [9.17, 15) is 4.79 Å². The van der Waals surface area contributed by atoms with Gasteiger partial charge < -0.3 is 20.3 Å². The molecular formula is C27H38N6O2S. The van der Waals surface area contributed by atoms with Gasteiger partial charge in [-0.2, -0.15) is 0 Å². The van der Waals surface area contributed by atoms with Crippen molar-refractivity contribution in [3.05, 3.63) is 47.1 Å². The summed E-state index contributed by atoms with van der Waals surface area (Å²) in [5.41, 5.74) is 2.93. The minimum Gasteiger partial charge on any atom is -0.444 e. The number of amides is 1. The van der Waals surface area contributed by atoms with Gasteiger partial charge in [0.15, 0.2) is 0 Å². The number of nitrogens with one attached hydrogen (secondary N) is 2. The van der Waals surface area contributed by atoms with Crippen molar-refractivity contribution < 1.29 is 9.53 Å². The number of rotatable bonds is 10. The Morgan fingerprint density at radius 1 is 1.14 bits per heavy atom. The minimum absolute atomic E-state index is 0.326. The molecule has 1 amide bonds. The predicted octanol–water partition coefficient (Wildman–Crippen LogP) is 5.46. The number of carbonyl (C=O) groups is 1. The van der Waals surface area contributed by atoms with Gasteiger partial charge in [0, 0.05) is 37.8 Å². The maximum absolute atomic E-state index is 12.2. The molecule has 3 rings (SSSR count). The Bertz CT molecular complexity index is 1150. The van der Waals surface area contributed by atoms with E-state index in [1.807, 2.05) is 71.4 Å². The average Bonchev–Trinajstić information content (AvgIpc) is 3.24. The lowest BCUT2D eigenvalue weighted by Gasteiger charge is -2.20. The Balaban J connectivity index is 1.93. The molecule has 2 aromatic heterocycles. The van der Waals surface area contributed by atoms with Crippen molar-refractivity contribution in [1.82, 2.24) is 25.2 Å². The van der Waals surface area contributed by atoms with Crippen LogP contribution >= 0.6 is 11.3 Å². The van der Waals surface area contributed by atoms with Crippen molar-refractivity contribution >= 4 is 23.4 Å². The number of hydrogen-bond donors (Lipinski definition) is 2. The molecule has 0 aliphatic rings. The van der Waals surface area contributed by atoms with Crippen LogP contribution in [0, 0.1) is 5.92 Å². The topological polar surface area (TPSA) is 92.3 Å². The summed E-state index contributed by atoms with van der Waals surface area (Å²) >= 11 is 1.67. The fraction of sp³-hybridized carbons (Fsp3) is 0.481. The Hall–Kier alpha value is -3.04. The zero-order valence-corrected chi connectivity index (χ0v) is 23.2. The molecule has 9 heteroatoms.